The van der Waals surface area contributed by atoms with Gasteiger partial charge in [0.2, 0.25) is 0 Å². The smallest absolute Gasteiger partial charge is 0.187 e. The van der Waals surface area contributed by atoms with Crippen LogP contribution in [-0.2, 0) is 4.79 Å². The van der Waals surface area contributed by atoms with Crippen LogP contribution in [0.15, 0.2) is 59.9 Å². The summed E-state index contributed by atoms with van der Waals surface area (Å²) in [6.45, 7) is 1.20. The minimum absolute atomic E-state index is 0.0456. The Morgan fingerprint density at radius 2 is 1.48 bits per heavy atom. The van der Waals surface area contributed by atoms with Gasteiger partial charge >= 0.3 is 0 Å². The highest BCUT2D eigenvalue weighted by molar-refractivity contribution is 6.14. The molecule has 1 fully saturated rings. The molecule has 2 aromatic rings. The molecule has 0 radical (unpaired) electrons. The zero-order valence-corrected chi connectivity index (χ0v) is 12.9. The molecule has 1 aliphatic rings. The molecule has 0 aliphatic carbocycles. The molecule has 3 nitrogen and oxygen atoms in total. The number of benzene rings is 1. The van der Waals surface area contributed by atoms with E-state index >= 15 is 0 Å². The number of pyridine rings is 1. The Balaban J connectivity index is 1.91. The summed E-state index contributed by atoms with van der Waals surface area (Å²) < 4.78 is 13.0. The predicted molar refractivity (Wildman–Crippen MR) is 89.1 cm³/mol. The van der Waals surface area contributed by atoms with Gasteiger partial charge in [0.15, 0.2) is 5.78 Å². The summed E-state index contributed by atoms with van der Waals surface area (Å²) in [4.78, 5) is 18.8. The number of carbonyl (C=O) groups is 1. The molecular weight excluding hydrogens is 291 g/mol. The Bertz CT molecular complexity index is 764. The number of likely N-dealkylation sites (tertiary alicyclic amines) is 1. The van der Waals surface area contributed by atoms with E-state index in [1.165, 1.54) is 12.1 Å². The molecule has 1 aromatic carbocycles. The fourth-order valence-electron chi connectivity index (χ4n) is 2.63. The van der Waals surface area contributed by atoms with Crippen molar-refractivity contribution in [2.75, 3.05) is 20.1 Å². The van der Waals surface area contributed by atoms with Crippen LogP contribution in [0.2, 0.25) is 0 Å². The first-order chi connectivity index (χ1) is 11.1. The Hall–Kier alpha value is -2.59. The molecule has 0 unspecified atom stereocenters. The van der Waals surface area contributed by atoms with Crippen LogP contribution in [0.5, 0.6) is 0 Å². The van der Waals surface area contributed by atoms with Crippen molar-refractivity contribution in [3.8, 4) is 0 Å². The van der Waals surface area contributed by atoms with Gasteiger partial charge in [0.1, 0.15) is 5.82 Å². The minimum atomic E-state index is -0.280. The van der Waals surface area contributed by atoms with Gasteiger partial charge < -0.3 is 0 Å². The number of nitrogens with zero attached hydrogens (tertiary/aromatic N) is 2. The summed E-state index contributed by atoms with van der Waals surface area (Å²) in [5.74, 6) is -0.234. The molecule has 1 saturated heterocycles. The van der Waals surface area contributed by atoms with Gasteiger partial charge in [-0.3, -0.25) is 14.7 Å². The lowest BCUT2D eigenvalue weighted by Crippen LogP contribution is -2.34. The van der Waals surface area contributed by atoms with E-state index in [2.05, 4.69) is 9.88 Å². The lowest BCUT2D eigenvalue weighted by Gasteiger charge is -2.26. The monoisotopic (exact) mass is 308 g/mol. The number of halogens is 1. The Morgan fingerprint density at radius 3 is 2.04 bits per heavy atom. The fourth-order valence-corrected chi connectivity index (χ4v) is 2.63. The summed E-state index contributed by atoms with van der Waals surface area (Å²) in [7, 11) is 1.98. The van der Waals surface area contributed by atoms with E-state index < -0.39 is 0 Å². The zero-order chi connectivity index (χ0) is 16.2. The van der Waals surface area contributed by atoms with E-state index in [0.717, 1.165) is 16.7 Å². The van der Waals surface area contributed by atoms with Gasteiger partial charge in [-0.15, -0.1) is 0 Å². The van der Waals surface area contributed by atoms with Crippen molar-refractivity contribution in [1.82, 2.24) is 9.88 Å². The first-order valence-electron chi connectivity index (χ1n) is 7.42. The van der Waals surface area contributed by atoms with E-state index in [1.807, 2.05) is 31.3 Å². The third-order valence-electron chi connectivity index (χ3n) is 3.72. The molecule has 116 valence electrons. The van der Waals surface area contributed by atoms with Crippen LogP contribution < -0.4 is 0 Å². The number of Topliss-reactive ketones (excluding diaryl/α,β-unsaturated/α-hetero) is 1. The number of aromatic nitrogens is 1. The van der Waals surface area contributed by atoms with Crippen LogP contribution >= 0.6 is 0 Å². The number of ketones is 1. The summed E-state index contributed by atoms with van der Waals surface area (Å²) in [5.41, 5.74) is 3.25. The first kappa shape index (κ1) is 15.3. The van der Waals surface area contributed by atoms with Crippen LogP contribution in [-0.4, -0.2) is 35.8 Å². The number of likely N-dealkylation sites (N-methyl/N-ethyl adjacent to an activating group) is 1. The van der Waals surface area contributed by atoms with Crippen molar-refractivity contribution in [1.29, 1.82) is 0 Å². The van der Waals surface area contributed by atoms with Gasteiger partial charge in [-0.1, -0.05) is 12.1 Å². The van der Waals surface area contributed by atoms with Gasteiger partial charge in [0, 0.05) is 36.6 Å². The molecular formula is C19H17FN2O. The van der Waals surface area contributed by atoms with Crippen molar-refractivity contribution in [3.05, 3.63) is 76.9 Å². The SMILES string of the molecule is CN1C/C(=C\c2ccncc2)C(=O)/C(=C/c2ccc(F)cc2)C1. The van der Waals surface area contributed by atoms with Gasteiger partial charge in [0.05, 0.1) is 0 Å². The van der Waals surface area contributed by atoms with Crippen LogP contribution in [0.25, 0.3) is 12.2 Å². The number of hydrogen-bond acceptors (Lipinski definition) is 3. The molecule has 0 amide bonds. The van der Waals surface area contributed by atoms with Crippen LogP contribution in [0.3, 0.4) is 0 Å². The molecule has 2 heterocycles. The van der Waals surface area contributed by atoms with Crippen LogP contribution in [0.4, 0.5) is 4.39 Å². The van der Waals surface area contributed by atoms with E-state index in [0.29, 0.717) is 18.7 Å². The maximum atomic E-state index is 13.0. The number of hydrogen-bond donors (Lipinski definition) is 0. The Labute approximate surface area is 134 Å². The lowest BCUT2D eigenvalue weighted by atomic mass is 9.95. The van der Waals surface area contributed by atoms with Gasteiger partial charge in [-0.05, 0) is 54.6 Å². The topological polar surface area (TPSA) is 33.2 Å². The van der Waals surface area contributed by atoms with Crippen molar-refractivity contribution >= 4 is 17.9 Å². The fraction of sp³-hybridized carbons (Fsp3) is 0.158. The summed E-state index contributed by atoms with van der Waals surface area (Å²) in [5, 5.41) is 0. The average molecular weight is 308 g/mol. The Kier molecular flexibility index (Phi) is 4.44. The number of rotatable bonds is 2. The second kappa shape index (κ2) is 6.67. The quantitative estimate of drug-likeness (QED) is 0.799. The average Bonchev–Trinajstić information content (AvgIpc) is 2.55. The molecule has 0 saturated carbocycles. The number of piperidine rings is 1. The van der Waals surface area contributed by atoms with Crippen molar-refractivity contribution in [2.45, 2.75) is 0 Å². The first-order valence-corrected chi connectivity index (χ1v) is 7.42. The third kappa shape index (κ3) is 3.79. The molecule has 0 N–H and O–H groups in total. The van der Waals surface area contributed by atoms with Gasteiger partial charge in [-0.2, -0.15) is 0 Å². The second-order valence-corrected chi connectivity index (χ2v) is 5.67. The molecule has 0 atom stereocenters. The largest absolute Gasteiger partial charge is 0.298 e. The van der Waals surface area contributed by atoms with Gasteiger partial charge in [-0.25, -0.2) is 4.39 Å². The molecule has 1 aromatic heterocycles. The highest BCUT2D eigenvalue weighted by atomic mass is 19.1. The molecule has 0 bridgehead atoms. The minimum Gasteiger partial charge on any atom is -0.298 e. The van der Waals surface area contributed by atoms with E-state index in [9.17, 15) is 9.18 Å². The highest BCUT2D eigenvalue weighted by Crippen LogP contribution is 2.21. The van der Waals surface area contributed by atoms with Crippen molar-refractivity contribution < 1.29 is 9.18 Å². The normalized spacial score (nSPS) is 19.5. The molecule has 1 aliphatic heterocycles. The van der Waals surface area contributed by atoms with E-state index in [4.69, 9.17) is 0 Å². The highest BCUT2D eigenvalue weighted by Gasteiger charge is 2.23. The maximum Gasteiger partial charge on any atom is 0.187 e. The molecule has 3 rings (SSSR count). The van der Waals surface area contributed by atoms with Gasteiger partial charge in [0.25, 0.3) is 0 Å². The number of carbonyl (C=O) groups excluding carboxylic acids is 1. The molecule has 23 heavy (non-hydrogen) atoms. The van der Waals surface area contributed by atoms with E-state index in [1.54, 1.807) is 24.5 Å². The molecule has 0 spiro atoms. The standard InChI is InChI=1S/C19H17FN2O/c1-22-12-16(10-14-2-4-18(20)5-3-14)19(23)17(13-22)11-15-6-8-21-9-7-15/h2-11H,12-13H2,1H3/b16-10+,17-11+. The Morgan fingerprint density at radius 1 is 0.957 bits per heavy atom. The summed E-state index contributed by atoms with van der Waals surface area (Å²) >= 11 is 0. The maximum absolute atomic E-state index is 13.0. The molecule has 4 heteroatoms. The van der Waals surface area contributed by atoms with Crippen LogP contribution in [0, 0.1) is 5.82 Å². The van der Waals surface area contributed by atoms with Crippen molar-refractivity contribution in [3.63, 3.8) is 0 Å². The predicted octanol–water partition coefficient (Wildman–Crippen LogP) is 3.20. The van der Waals surface area contributed by atoms with Crippen LogP contribution in [0.1, 0.15) is 11.1 Å². The zero-order valence-electron chi connectivity index (χ0n) is 12.9. The lowest BCUT2D eigenvalue weighted by molar-refractivity contribution is -0.113. The second-order valence-electron chi connectivity index (χ2n) is 5.67. The van der Waals surface area contributed by atoms with E-state index in [-0.39, 0.29) is 11.6 Å². The van der Waals surface area contributed by atoms with Crippen molar-refractivity contribution in [2.24, 2.45) is 0 Å². The summed E-state index contributed by atoms with van der Waals surface area (Å²) in [6.07, 6.45) is 7.15. The summed E-state index contributed by atoms with van der Waals surface area (Å²) in [6, 6.07) is 9.90. The third-order valence-corrected chi connectivity index (χ3v) is 3.72.